The first kappa shape index (κ1) is 14.6. The Morgan fingerprint density at radius 1 is 1.29 bits per heavy atom. The number of amides is 1. The number of phenols is 1. The number of benzene rings is 1. The highest BCUT2D eigenvalue weighted by molar-refractivity contribution is 6.05. The van der Waals surface area contributed by atoms with E-state index < -0.39 is 0 Å². The van der Waals surface area contributed by atoms with E-state index in [0.29, 0.717) is 22.6 Å². The van der Waals surface area contributed by atoms with Crippen LogP contribution in [0.5, 0.6) is 5.75 Å². The summed E-state index contributed by atoms with van der Waals surface area (Å²) in [5, 5.41) is 20.9. The molecular weight excluding hydrogens is 268 g/mol. The second-order valence-corrected chi connectivity index (χ2v) is 4.27. The molecule has 0 radical (unpaired) electrons. The van der Waals surface area contributed by atoms with E-state index in [2.05, 4.69) is 22.1 Å². The van der Waals surface area contributed by atoms with Gasteiger partial charge in [-0.25, -0.2) is 4.98 Å². The topological polar surface area (TPSA) is 82.5 Å². The highest BCUT2D eigenvalue weighted by Crippen LogP contribution is 2.20. The normalized spacial score (nSPS) is 9.62. The molecule has 2 rings (SSSR count). The summed E-state index contributed by atoms with van der Waals surface area (Å²) >= 11 is 0. The van der Waals surface area contributed by atoms with Crippen LogP contribution in [0, 0.1) is 18.8 Å². The summed E-state index contributed by atoms with van der Waals surface area (Å²) in [6, 6.07) is 9.78. The molecule has 106 valence electrons. The Morgan fingerprint density at radius 2 is 2.05 bits per heavy atom. The third kappa shape index (κ3) is 3.59. The fourth-order valence-corrected chi connectivity index (χ4v) is 1.76. The Morgan fingerprint density at radius 3 is 2.81 bits per heavy atom. The van der Waals surface area contributed by atoms with Crippen molar-refractivity contribution in [1.82, 2.24) is 4.98 Å². The van der Waals surface area contributed by atoms with Gasteiger partial charge in [-0.3, -0.25) is 4.79 Å². The van der Waals surface area contributed by atoms with Crippen molar-refractivity contribution < 1.29 is 15.0 Å². The number of carbonyl (C=O) groups excluding carboxylic acids is 1. The zero-order valence-corrected chi connectivity index (χ0v) is 11.4. The minimum atomic E-state index is -0.358. The Kier molecular flexibility index (Phi) is 4.54. The van der Waals surface area contributed by atoms with Gasteiger partial charge in [0.25, 0.3) is 5.91 Å². The van der Waals surface area contributed by atoms with Crippen LogP contribution in [0.3, 0.4) is 0 Å². The van der Waals surface area contributed by atoms with Gasteiger partial charge in [0.1, 0.15) is 23.9 Å². The van der Waals surface area contributed by atoms with Crippen molar-refractivity contribution in [2.75, 3.05) is 11.9 Å². The summed E-state index contributed by atoms with van der Waals surface area (Å²) < 4.78 is 0. The number of phenolic OH excluding ortho intramolecular Hbond substituents is 1. The number of aromatic hydroxyl groups is 1. The maximum absolute atomic E-state index is 12.2. The molecule has 0 aliphatic rings. The number of hydrogen-bond donors (Lipinski definition) is 3. The second kappa shape index (κ2) is 6.55. The molecule has 1 aromatic carbocycles. The van der Waals surface area contributed by atoms with Gasteiger partial charge in [0, 0.05) is 11.1 Å². The minimum Gasteiger partial charge on any atom is -0.508 e. The summed E-state index contributed by atoms with van der Waals surface area (Å²) in [6.07, 6.45) is 0. The number of anilines is 1. The molecule has 5 heteroatoms. The zero-order valence-electron chi connectivity index (χ0n) is 11.4. The summed E-state index contributed by atoms with van der Waals surface area (Å²) in [5.41, 5.74) is 1.34. The fraction of sp³-hybridized carbons (Fsp3) is 0.125. The number of rotatable bonds is 2. The van der Waals surface area contributed by atoms with E-state index in [4.69, 9.17) is 5.11 Å². The number of aliphatic hydroxyl groups excluding tert-OH is 1. The molecule has 0 unspecified atom stereocenters. The van der Waals surface area contributed by atoms with Crippen LogP contribution >= 0.6 is 0 Å². The predicted molar refractivity (Wildman–Crippen MR) is 79.0 cm³/mol. The van der Waals surface area contributed by atoms with Gasteiger partial charge in [-0.2, -0.15) is 0 Å². The molecule has 0 atom stereocenters. The van der Waals surface area contributed by atoms with E-state index in [1.54, 1.807) is 37.3 Å². The van der Waals surface area contributed by atoms with E-state index in [1.807, 2.05) is 0 Å². The molecule has 0 aliphatic carbocycles. The number of aliphatic hydroxyl groups is 1. The van der Waals surface area contributed by atoms with Crippen LogP contribution in [0.1, 0.15) is 21.6 Å². The van der Waals surface area contributed by atoms with Crippen LogP contribution in [0.4, 0.5) is 5.82 Å². The van der Waals surface area contributed by atoms with Crippen molar-refractivity contribution in [3.05, 3.63) is 53.2 Å². The van der Waals surface area contributed by atoms with Crippen LogP contribution in [0.2, 0.25) is 0 Å². The van der Waals surface area contributed by atoms with Crippen molar-refractivity contribution in [3.8, 4) is 17.6 Å². The highest BCUT2D eigenvalue weighted by atomic mass is 16.3. The van der Waals surface area contributed by atoms with Crippen LogP contribution in [0.25, 0.3) is 0 Å². The van der Waals surface area contributed by atoms with Crippen molar-refractivity contribution in [2.45, 2.75) is 6.92 Å². The molecule has 1 aromatic heterocycles. The van der Waals surface area contributed by atoms with Crippen LogP contribution < -0.4 is 5.32 Å². The van der Waals surface area contributed by atoms with Crippen molar-refractivity contribution in [2.24, 2.45) is 0 Å². The maximum Gasteiger partial charge on any atom is 0.257 e. The lowest BCUT2D eigenvalue weighted by atomic mass is 10.1. The van der Waals surface area contributed by atoms with E-state index in [9.17, 15) is 9.90 Å². The van der Waals surface area contributed by atoms with Gasteiger partial charge in [-0.1, -0.05) is 18.1 Å². The Bertz CT molecular complexity index is 730. The fourth-order valence-electron chi connectivity index (χ4n) is 1.76. The molecule has 0 bridgehead atoms. The van der Waals surface area contributed by atoms with Crippen molar-refractivity contribution >= 4 is 11.7 Å². The average molecular weight is 282 g/mol. The van der Waals surface area contributed by atoms with Crippen LogP contribution in [0.15, 0.2) is 36.4 Å². The number of aromatic nitrogens is 1. The van der Waals surface area contributed by atoms with Gasteiger partial charge >= 0.3 is 0 Å². The maximum atomic E-state index is 12.2. The first-order chi connectivity index (χ1) is 10.1. The molecule has 0 saturated carbocycles. The standard InChI is InChI=1S/C16H14N2O3/c1-11-13(7-3-8-14(11)20)16(21)18-15-9-2-5-12(17-15)6-4-10-19/h2-3,5,7-9,19-20H,10H2,1H3,(H,17,18,21). The number of pyridine rings is 1. The number of nitrogens with one attached hydrogen (secondary N) is 1. The number of nitrogens with zero attached hydrogens (tertiary/aromatic N) is 1. The highest BCUT2D eigenvalue weighted by Gasteiger charge is 2.12. The van der Waals surface area contributed by atoms with Gasteiger partial charge in [-0.15, -0.1) is 0 Å². The van der Waals surface area contributed by atoms with Gasteiger partial charge in [-0.05, 0) is 37.1 Å². The molecule has 0 aliphatic heterocycles. The molecule has 2 aromatic rings. The van der Waals surface area contributed by atoms with Gasteiger partial charge in [0.2, 0.25) is 0 Å². The third-order valence-corrected chi connectivity index (χ3v) is 2.84. The molecule has 3 N–H and O–H groups in total. The quantitative estimate of drug-likeness (QED) is 0.732. The molecule has 0 saturated heterocycles. The van der Waals surface area contributed by atoms with Gasteiger partial charge < -0.3 is 15.5 Å². The molecule has 0 spiro atoms. The average Bonchev–Trinajstić information content (AvgIpc) is 2.48. The lowest BCUT2D eigenvalue weighted by Crippen LogP contribution is -2.14. The summed E-state index contributed by atoms with van der Waals surface area (Å²) in [5.74, 6) is 5.22. The third-order valence-electron chi connectivity index (χ3n) is 2.84. The van der Waals surface area contributed by atoms with Crippen molar-refractivity contribution in [1.29, 1.82) is 0 Å². The van der Waals surface area contributed by atoms with Crippen molar-refractivity contribution in [3.63, 3.8) is 0 Å². The van der Waals surface area contributed by atoms with E-state index >= 15 is 0 Å². The second-order valence-electron chi connectivity index (χ2n) is 4.27. The number of hydrogen-bond acceptors (Lipinski definition) is 4. The molecule has 5 nitrogen and oxygen atoms in total. The van der Waals surface area contributed by atoms with Crippen LogP contribution in [-0.2, 0) is 0 Å². The van der Waals surface area contributed by atoms with E-state index in [0.717, 1.165) is 0 Å². The lowest BCUT2D eigenvalue weighted by molar-refractivity contribution is 0.102. The first-order valence-corrected chi connectivity index (χ1v) is 6.28. The summed E-state index contributed by atoms with van der Waals surface area (Å²) in [4.78, 5) is 16.3. The Balaban J connectivity index is 2.22. The molecule has 1 heterocycles. The lowest BCUT2D eigenvalue weighted by Gasteiger charge is -2.08. The summed E-state index contributed by atoms with van der Waals surface area (Å²) in [7, 11) is 0. The zero-order chi connectivity index (χ0) is 15.2. The predicted octanol–water partition coefficient (Wildman–Crippen LogP) is 1.69. The molecule has 0 fully saturated rings. The number of carbonyl (C=O) groups is 1. The molecule has 21 heavy (non-hydrogen) atoms. The van der Waals surface area contributed by atoms with E-state index in [-0.39, 0.29) is 18.3 Å². The van der Waals surface area contributed by atoms with Gasteiger partial charge in [0.05, 0.1) is 0 Å². The monoisotopic (exact) mass is 282 g/mol. The Labute approximate surface area is 122 Å². The smallest absolute Gasteiger partial charge is 0.257 e. The van der Waals surface area contributed by atoms with E-state index in [1.165, 1.54) is 6.07 Å². The largest absolute Gasteiger partial charge is 0.508 e. The summed E-state index contributed by atoms with van der Waals surface area (Å²) in [6.45, 7) is 1.42. The van der Waals surface area contributed by atoms with Gasteiger partial charge in [0.15, 0.2) is 0 Å². The van der Waals surface area contributed by atoms with Crippen LogP contribution in [-0.4, -0.2) is 27.7 Å². The Hall–Kier alpha value is -2.84. The minimum absolute atomic E-state index is 0.0678. The molecule has 1 amide bonds. The first-order valence-electron chi connectivity index (χ1n) is 6.28. The SMILES string of the molecule is Cc1c(O)cccc1C(=O)Nc1cccc(C#CCO)n1. The molecular formula is C16H14N2O3.